The van der Waals surface area contributed by atoms with Crippen molar-refractivity contribution >= 4 is 5.91 Å². The minimum Gasteiger partial charge on any atom is -0.508 e. The summed E-state index contributed by atoms with van der Waals surface area (Å²) < 4.78 is 0. The lowest BCUT2D eigenvalue weighted by molar-refractivity contribution is 0.0783. The number of nitrogens with zero attached hydrogens (tertiary/aromatic N) is 3. The van der Waals surface area contributed by atoms with Gasteiger partial charge in [-0.2, -0.15) is 0 Å². The highest BCUT2D eigenvalue weighted by Crippen LogP contribution is 2.32. The van der Waals surface area contributed by atoms with E-state index < -0.39 is 0 Å². The zero-order valence-corrected chi connectivity index (χ0v) is 14.2. The number of amides is 1. The third-order valence-corrected chi connectivity index (χ3v) is 5.42. The second-order valence-electron chi connectivity index (χ2n) is 7.16. The molecule has 130 valence electrons. The number of hydrogen-bond donors (Lipinski definition) is 1. The lowest BCUT2D eigenvalue weighted by Crippen LogP contribution is -2.39. The maximum atomic E-state index is 12.7. The van der Waals surface area contributed by atoms with E-state index in [-0.39, 0.29) is 11.7 Å². The number of carbonyl (C=O) groups excluding carboxylic acids is 1. The molecule has 5 nitrogen and oxygen atoms in total. The lowest BCUT2D eigenvalue weighted by atomic mass is 9.88. The number of phenols is 1. The second-order valence-corrected chi connectivity index (χ2v) is 7.16. The number of benzene rings is 1. The molecular formula is C20H23N3O2. The van der Waals surface area contributed by atoms with Crippen molar-refractivity contribution in [1.29, 1.82) is 0 Å². The molecule has 25 heavy (non-hydrogen) atoms. The molecule has 5 heteroatoms. The van der Waals surface area contributed by atoms with Crippen LogP contribution in [0.3, 0.4) is 0 Å². The molecular weight excluding hydrogens is 314 g/mol. The van der Waals surface area contributed by atoms with Gasteiger partial charge in [0.2, 0.25) is 0 Å². The van der Waals surface area contributed by atoms with Crippen LogP contribution in [0.4, 0.5) is 0 Å². The van der Waals surface area contributed by atoms with Crippen LogP contribution >= 0.6 is 0 Å². The van der Waals surface area contributed by atoms with Gasteiger partial charge < -0.3 is 10.0 Å². The van der Waals surface area contributed by atoms with Crippen molar-refractivity contribution in [1.82, 2.24) is 14.8 Å². The van der Waals surface area contributed by atoms with Gasteiger partial charge in [0, 0.05) is 44.1 Å². The highest BCUT2D eigenvalue weighted by atomic mass is 16.3. The van der Waals surface area contributed by atoms with Crippen molar-refractivity contribution in [3.05, 3.63) is 59.9 Å². The summed E-state index contributed by atoms with van der Waals surface area (Å²) in [6, 6.07) is 10.8. The molecule has 3 heterocycles. The summed E-state index contributed by atoms with van der Waals surface area (Å²) in [4.78, 5) is 21.2. The number of rotatable bonds is 3. The van der Waals surface area contributed by atoms with Gasteiger partial charge in [0.05, 0.1) is 0 Å². The van der Waals surface area contributed by atoms with Crippen molar-refractivity contribution < 1.29 is 9.90 Å². The molecule has 0 unspecified atom stereocenters. The molecule has 2 aromatic rings. The molecule has 0 spiro atoms. The molecule has 0 saturated carbocycles. The Balaban J connectivity index is 1.39. The minimum absolute atomic E-state index is 0.0333. The Kier molecular flexibility index (Phi) is 4.40. The molecule has 0 aliphatic carbocycles. The van der Waals surface area contributed by atoms with E-state index in [1.807, 2.05) is 17.3 Å². The molecule has 2 aliphatic rings. The number of carbonyl (C=O) groups is 1. The third kappa shape index (κ3) is 3.51. The van der Waals surface area contributed by atoms with Crippen LogP contribution in [0.2, 0.25) is 0 Å². The van der Waals surface area contributed by atoms with Gasteiger partial charge in [-0.25, -0.2) is 0 Å². The number of pyridine rings is 1. The summed E-state index contributed by atoms with van der Waals surface area (Å²) in [5.41, 5.74) is 1.87. The number of aromatic nitrogens is 1. The second kappa shape index (κ2) is 6.84. The van der Waals surface area contributed by atoms with E-state index in [4.69, 9.17) is 0 Å². The normalized spacial score (nSPS) is 23.4. The van der Waals surface area contributed by atoms with Crippen molar-refractivity contribution in [2.24, 2.45) is 11.8 Å². The molecule has 2 aliphatic heterocycles. The fourth-order valence-electron chi connectivity index (χ4n) is 4.12. The van der Waals surface area contributed by atoms with Gasteiger partial charge in [-0.15, -0.1) is 0 Å². The summed E-state index contributed by atoms with van der Waals surface area (Å²) in [5.74, 6) is 1.31. The van der Waals surface area contributed by atoms with Gasteiger partial charge in [0.1, 0.15) is 5.75 Å². The zero-order chi connectivity index (χ0) is 17.2. The topological polar surface area (TPSA) is 56.7 Å². The largest absolute Gasteiger partial charge is 0.508 e. The third-order valence-electron chi connectivity index (χ3n) is 5.42. The lowest BCUT2D eigenvalue weighted by Gasteiger charge is -2.34. The fraction of sp³-hybridized carbons (Fsp3) is 0.400. The van der Waals surface area contributed by atoms with Crippen LogP contribution in [-0.4, -0.2) is 52.0 Å². The first-order valence-corrected chi connectivity index (χ1v) is 8.88. The van der Waals surface area contributed by atoms with E-state index >= 15 is 0 Å². The quantitative estimate of drug-likeness (QED) is 0.934. The van der Waals surface area contributed by atoms with E-state index in [9.17, 15) is 9.90 Å². The maximum Gasteiger partial charge on any atom is 0.254 e. The van der Waals surface area contributed by atoms with Crippen molar-refractivity contribution in [2.45, 2.75) is 13.0 Å². The molecule has 2 fully saturated rings. The average Bonchev–Trinajstić information content (AvgIpc) is 3.05. The van der Waals surface area contributed by atoms with Gasteiger partial charge in [-0.05, 0) is 60.7 Å². The number of likely N-dealkylation sites (tertiary alicyclic amines) is 2. The first-order chi connectivity index (χ1) is 12.2. The number of piperidine rings is 1. The van der Waals surface area contributed by atoms with Gasteiger partial charge in [-0.1, -0.05) is 6.07 Å². The summed E-state index contributed by atoms with van der Waals surface area (Å²) in [6.07, 6.45) is 4.82. The number of hydrogen-bond acceptors (Lipinski definition) is 4. The molecule has 0 radical (unpaired) electrons. The van der Waals surface area contributed by atoms with Gasteiger partial charge in [-0.3, -0.25) is 14.7 Å². The van der Waals surface area contributed by atoms with E-state index in [0.717, 1.165) is 39.1 Å². The molecule has 4 rings (SSSR count). The monoisotopic (exact) mass is 337 g/mol. The predicted molar refractivity (Wildman–Crippen MR) is 95.1 cm³/mol. The minimum atomic E-state index is 0.0333. The predicted octanol–water partition coefficient (Wildman–Crippen LogP) is 2.38. The Bertz CT molecular complexity index is 750. The first-order valence-electron chi connectivity index (χ1n) is 8.88. The molecule has 1 amide bonds. The Morgan fingerprint density at radius 1 is 1.12 bits per heavy atom. The van der Waals surface area contributed by atoms with Crippen molar-refractivity contribution in [2.75, 3.05) is 26.2 Å². The van der Waals surface area contributed by atoms with Crippen LogP contribution in [-0.2, 0) is 6.54 Å². The molecule has 1 aromatic carbocycles. The van der Waals surface area contributed by atoms with Crippen LogP contribution in [0.15, 0.2) is 48.8 Å². The maximum absolute atomic E-state index is 12.7. The van der Waals surface area contributed by atoms with Crippen LogP contribution < -0.4 is 0 Å². The summed E-state index contributed by atoms with van der Waals surface area (Å²) in [5, 5.41) is 9.60. The highest BCUT2D eigenvalue weighted by Gasteiger charge is 2.38. The molecule has 1 N–H and O–H groups in total. The van der Waals surface area contributed by atoms with E-state index in [2.05, 4.69) is 22.0 Å². The van der Waals surface area contributed by atoms with Crippen LogP contribution in [0.25, 0.3) is 0 Å². The first kappa shape index (κ1) is 16.1. The summed E-state index contributed by atoms with van der Waals surface area (Å²) >= 11 is 0. The Labute approximate surface area is 147 Å². The fourth-order valence-corrected chi connectivity index (χ4v) is 4.12. The number of fused-ring (bicyclic) bond motifs is 1. The summed E-state index contributed by atoms with van der Waals surface area (Å²) in [6.45, 7) is 4.72. The van der Waals surface area contributed by atoms with Gasteiger partial charge >= 0.3 is 0 Å². The zero-order valence-electron chi connectivity index (χ0n) is 14.2. The SMILES string of the molecule is O=C(c1cccc(O)c1)N1C[C@H]2CCN(Cc3ccncc3)C[C@H]2C1. The van der Waals surface area contributed by atoms with E-state index in [1.165, 1.54) is 5.56 Å². The van der Waals surface area contributed by atoms with Crippen molar-refractivity contribution in [3.8, 4) is 5.75 Å². The molecule has 1 aromatic heterocycles. The van der Waals surface area contributed by atoms with Crippen LogP contribution in [0.5, 0.6) is 5.75 Å². The van der Waals surface area contributed by atoms with E-state index in [1.54, 1.807) is 24.3 Å². The highest BCUT2D eigenvalue weighted by molar-refractivity contribution is 5.94. The van der Waals surface area contributed by atoms with Gasteiger partial charge in [0.25, 0.3) is 5.91 Å². The number of phenolic OH excluding ortho intramolecular Hbond substituents is 1. The van der Waals surface area contributed by atoms with Gasteiger partial charge in [0.15, 0.2) is 0 Å². The van der Waals surface area contributed by atoms with Crippen molar-refractivity contribution in [3.63, 3.8) is 0 Å². The Morgan fingerprint density at radius 3 is 2.72 bits per heavy atom. The average molecular weight is 337 g/mol. The standard InChI is InChI=1S/C20H23N3O2/c24-19-3-1-2-16(10-19)20(25)23-13-17-6-9-22(12-18(17)14-23)11-15-4-7-21-8-5-15/h1-5,7-8,10,17-18,24H,6,9,11-14H2/t17-,18+/m1/s1. The van der Waals surface area contributed by atoms with Crippen LogP contribution in [0.1, 0.15) is 22.3 Å². The van der Waals surface area contributed by atoms with Crippen LogP contribution in [0, 0.1) is 11.8 Å². The molecule has 2 saturated heterocycles. The summed E-state index contributed by atoms with van der Waals surface area (Å²) in [7, 11) is 0. The Morgan fingerprint density at radius 2 is 1.92 bits per heavy atom. The van der Waals surface area contributed by atoms with E-state index in [0.29, 0.717) is 17.4 Å². The number of aromatic hydroxyl groups is 1. The molecule has 0 bridgehead atoms. The smallest absolute Gasteiger partial charge is 0.254 e. The molecule has 2 atom stereocenters. The Hall–Kier alpha value is -2.40.